The Morgan fingerprint density at radius 1 is 1.21 bits per heavy atom. The van der Waals surface area contributed by atoms with Crippen molar-refractivity contribution in [3.8, 4) is 11.5 Å². The Balaban J connectivity index is 0.00000385. The lowest BCUT2D eigenvalue weighted by atomic mass is 10.2. The van der Waals surface area contributed by atoms with Crippen LogP contribution in [0.5, 0.6) is 11.5 Å². The SMILES string of the molecule is COc1cc(CNCCNC(=O)c2nonc2N)cc(Br)c1OCc1ccc(Cl)cc1Cl.Cl. The van der Waals surface area contributed by atoms with Crippen LogP contribution >= 0.6 is 51.5 Å². The Bertz CT molecular complexity index is 1100. The Kier molecular flexibility index (Phi) is 10.5. The number of rotatable bonds is 10. The molecule has 0 atom stereocenters. The van der Waals surface area contributed by atoms with Crippen LogP contribution in [0, 0.1) is 0 Å². The highest BCUT2D eigenvalue weighted by Gasteiger charge is 2.15. The van der Waals surface area contributed by atoms with Crippen molar-refractivity contribution < 1.29 is 18.9 Å². The number of hydrogen-bond acceptors (Lipinski definition) is 8. The van der Waals surface area contributed by atoms with E-state index in [0.29, 0.717) is 41.2 Å². The molecule has 0 spiro atoms. The van der Waals surface area contributed by atoms with Gasteiger partial charge in [0.15, 0.2) is 11.5 Å². The van der Waals surface area contributed by atoms with Gasteiger partial charge in [0.25, 0.3) is 5.91 Å². The van der Waals surface area contributed by atoms with Crippen molar-refractivity contribution in [1.29, 1.82) is 0 Å². The maximum Gasteiger partial charge on any atom is 0.277 e. The van der Waals surface area contributed by atoms with E-state index in [2.05, 4.69) is 41.5 Å². The molecule has 1 amide bonds. The molecule has 0 aliphatic carbocycles. The largest absolute Gasteiger partial charge is 0.493 e. The maximum atomic E-state index is 11.9. The van der Waals surface area contributed by atoms with Crippen LogP contribution in [0.3, 0.4) is 0 Å². The number of carbonyl (C=O) groups excluding carboxylic acids is 1. The van der Waals surface area contributed by atoms with E-state index in [4.69, 9.17) is 38.4 Å². The van der Waals surface area contributed by atoms with Gasteiger partial charge in [0.2, 0.25) is 11.5 Å². The van der Waals surface area contributed by atoms with Gasteiger partial charge >= 0.3 is 0 Å². The summed E-state index contributed by atoms with van der Waals surface area (Å²) in [7, 11) is 1.57. The number of nitrogens with one attached hydrogen (secondary N) is 2. The highest BCUT2D eigenvalue weighted by atomic mass is 79.9. The van der Waals surface area contributed by atoms with Crippen molar-refractivity contribution in [2.45, 2.75) is 13.2 Å². The number of benzene rings is 2. The number of ether oxygens (including phenoxy) is 2. The number of methoxy groups -OCH3 is 1. The third-order valence-electron chi connectivity index (χ3n) is 4.32. The molecule has 178 valence electrons. The Morgan fingerprint density at radius 2 is 2.00 bits per heavy atom. The number of nitrogens with two attached hydrogens (primary N) is 1. The van der Waals surface area contributed by atoms with Crippen molar-refractivity contribution in [2.75, 3.05) is 25.9 Å². The second-order valence-electron chi connectivity index (χ2n) is 6.56. The standard InChI is InChI=1S/C20H20BrCl2N5O4.ClH/c1-30-16-7-11(9-25-4-5-26-20(29)17-19(24)28-32-27-17)6-14(21)18(16)31-10-12-2-3-13(22)8-15(12)23;/h2-3,6-8,25H,4-5,9-10H2,1H3,(H2,24,28)(H,26,29);1H. The van der Waals surface area contributed by atoms with Gasteiger partial charge in [0.05, 0.1) is 11.6 Å². The molecule has 33 heavy (non-hydrogen) atoms. The zero-order chi connectivity index (χ0) is 23.1. The van der Waals surface area contributed by atoms with Gasteiger partial charge in [-0.05, 0) is 56.1 Å². The first-order chi connectivity index (χ1) is 15.4. The topological polar surface area (TPSA) is 125 Å². The molecule has 0 saturated heterocycles. The van der Waals surface area contributed by atoms with E-state index in [-0.39, 0.29) is 30.5 Å². The van der Waals surface area contributed by atoms with Crippen LogP contribution in [0.15, 0.2) is 39.4 Å². The third-order valence-corrected chi connectivity index (χ3v) is 5.50. The van der Waals surface area contributed by atoms with Crippen LogP contribution in [0.4, 0.5) is 5.82 Å². The van der Waals surface area contributed by atoms with E-state index in [9.17, 15) is 4.79 Å². The molecule has 0 bridgehead atoms. The summed E-state index contributed by atoms with van der Waals surface area (Å²) in [5.74, 6) is 0.641. The lowest BCUT2D eigenvalue weighted by Gasteiger charge is -2.15. The number of amides is 1. The summed E-state index contributed by atoms with van der Waals surface area (Å²) in [6, 6.07) is 9.04. The van der Waals surface area contributed by atoms with E-state index in [1.165, 1.54) is 0 Å². The molecule has 9 nitrogen and oxygen atoms in total. The summed E-state index contributed by atoms with van der Waals surface area (Å²) < 4.78 is 16.6. The second-order valence-corrected chi connectivity index (χ2v) is 8.26. The van der Waals surface area contributed by atoms with Crippen molar-refractivity contribution >= 4 is 63.3 Å². The Hall–Kier alpha value is -2.24. The molecule has 0 saturated carbocycles. The predicted molar refractivity (Wildman–Crippen MR) is 131 cm³/mol. The molecular formula is C20H21BrCl3N5O4. The average molecular weight is 582 g/mol. The molecule has 13 heteroatoms. The zero-order valence-electron chi connectivity index (χ0n) is 17.4. The fourth-order valence-electron chi connectivity index (χ4n) is 2.74. The molecule has 0 aliphatic heterocycles. The molecule has 1 aromatic heterocycles. The van der Waals surface area contributed by atoms with Crippen LogP contribution in [0.25, 0.3) is 0 Å². The molecule has 3 aromatic rings. The second kappa shape index (κ2) is 12.9. The first-order valence-electron chi connectivity index (χ1n) is 9.39. The van der Waals surface area contributed by atoms with E-state index in [1.54, 1.807) is 19.2 Å². The number of carbonyl (C=O) groups is 1. The molecule has 1 heterocycles. The highest BCUT2D eigenvalue weighted by molar-refractivity contribution is 9.10. The van der Waals surface area contributed by atoms with Gasteiger partial charge in [-0.1, -0.05) is 29.3 Å². The third kappa shape index (κ3) is 7.38. The van der Waals surface area contributed by atoms with E-state index in [1.807, 2.05) is 18.2 Å². The molecule has 4 N–H and O–H groups in total. The molecule has 0 unspecified atom stereocenters. The molecule has 0 radical (unpaired) electrons. The normalized spacial score (nSPS) is 10.4. The molecule has 3 rings (SSSR count). The number of anilines is 1. The minimum Gasteiger partial charge on any atom is -0.493 e. The number of aromatic nitrogens is 2. The molecule has 0 fully saturated rings. The van der Waals surface area contributed by atoms with Gasteiger partial charge in [-0.15, -0.1) is 12.4 Å². The smallest absolute Gasteiger partial charge is 0.277 e. The van der Waals surface area contributed by atoms with E-state index < -0.39 is 5.91 Å². The molecule has 0 aliphatic rings. The van der Waals surface area contributed by atoms with Gasteiger partial charge in [-0.25, -0.2) is 4.63 Å². The fraction of sp³-hybridized carbons (Fsp3) is 0.250. The minimum atomic E-state index is -0.447. The van der Waals surface area contributed by atoms with Crippen LogP contribution in [0.2, 0.25) is 10.0 Å². The summed E-state index contributed by atoms with van der Waals surface area (Å²) in [5, 5.41) is 13.8. The van der Waals surface area contributed by atoms with Crippen LogP contribution < -0.4 is 25.8 Å². The predicted octanol–water partition coefficient (Wildman–Crippen LogP) is 4.25. The van der Waals surface area contributed by atoms with Gasteiger partial charge in [-0.2, -0.15) is 0 Å². The van der Waals surface area contributed by atoms with Crippen molar-refractivity contribution in [3.05, 3.63) is 61.7 Å². The average Bonchev–Trinajstić information content (AvgIpc) is 3.19. The van der Waals surface area contributed by atoms with Crippen LogP contribution in [-0.2, 0) is 13.2 Å². The summed E-state index contributed by atoms with van der Waals surface area (Å²) in [6.45, 7) is 1.69. The lowest BCUT2D eigenvalue weighted by Crippen LogP contribution is -2.32. The summed E-state index contributed by atoms with van der Waals surface area (Å²) >= 11 is 15.7. The molecular weight excluding hydrogens is 561 g/mol. The lowest BCUT2D eigenvalue weighted by molar-refractivity contribution is 0.0944. The van der Waals surface area contributed by atoms with E-state index in [0.717, 1.165) is 15.6 Å². The van der Waals surface area contributed by atoms with Crippen LogP contribution in [0.1, 0.15) is 21.6 Å². The number of nitrogens with zero attached hydrogens (tertiary/aromatic N) is 2. The first kappa shape index (κ1) is 27.0. The first-order valence-corrected chi connectivity index (χ1v) is 10.9. The summed E-state index contributed by atoms with van der Waals surface area (Å²) in [4.78, 5) is 11.9. The van der Waals surface area contributed by atoms with E-state index >= 15 is 0 Å². The van der Waals surface area contributed by atoms with Gasteiger partial charge in [0, 0.05) is 35.2 Å². The quantitative estimate of drug-likeness (QED) is 0.304. The monoisotopic (exact) mass is 579 g/mol. The number of hydrogen-bond donors (Lipinski definition) is 3. The van der Waals surface area contributed by atoms with Gasteiger partial charge < -0.3 is 25.8 Å². The molecule has 2 aromatic carbocycles. The minimum absolute atomic E-state index is 0. The van der Waals surface area contributed by atoms with Crippen molar-refractivity contribution in [1.82, 2.24) is 20.9 Å². The highest BCUT2D eigenvalue weighted by Crippen LogP contribution is 2.37. The zero-order valence-corrected chi connectivity index (χ0v) is 21.3. The van der Waals surface area contributed by atoms with Crippen LogP contribution in [-0.4, -0.2) is 36.4 Å². The Labute approximate surface area is 214 Å². The fourth-order valence-corrected chi connectivity index (χ4v) is 3.80. The number of nitrogen functional groups attached to an aromatic ring is 1. The summed E-state index contributed by atoms with van der Waals surface area (Å²) in [5.41, 5.74) is 7.22. The van der Waals surface area contributed by atoms with Gasteiger partial charge in [0.1, 0.15) is 6.61 Å². The van der Waals surface area contributed by atoms with Gasteiger partial charge in [-0.3, -0.25) is 4.79 Å². The number of halogens is 4. The Morgan fingerprint density at radius 3 is 2.67 bits per heavy atom. The van der Waals surface area contributed by atoms with Crippen molar-refractivity contribution in [3.63, 3.8) is 0 Å². The summed E-state index contributed by atoms with van der Waals surface area (Å²) in [6.07, 6.45) is 0. The maximum absolute atomic E-state index is 11.9. The van der Waals surface area contributed by atoms with Crippen molar-refractivity contribution in [2.24, 2.45) is 0 Å².